The van der Waals surface area contributed by atoms with E-state index in [4.69, 9.17) is 5.26 Å². The van der Waals surface area contributed by atoms with Crippen LogP contribution in [0.4, 0.5) is 22.0 Å². The first-order valence-electron chi connectivity index (χ1n) is 9.84. The highest BCUT2D eigenvalue weighted by Gasteiger charge is 2.31. The molecule has 0 unspecified atom stereocenters. The van der Waals surface area contributed by atoms with E-state index in [-0.39, 0.29) is 11.1 Å². The van der Waals surface area contributed by atoms with Gasteiger partial charge in [-0.05, 0) is 30.3 Å². The van der Waals surface area contributed by atoms with E-state index in [0.717, 1.165) is 30.3 Å². The van der Waals surface area contributed by atoms with E-state index in [2.05, 4.69) is 20.1 Å². The number of amides is 2. The van der Waals surface area contributed by atoms with E-state index in [1.54, 1.807) is 6.07 Å². The van der Waals surface area contributed by atoms with Gasteiger partial charge in [-0.3, -0.25) is 9.59 Å². The normalized spacial score (nSPS) is 12.4. The Morgan fingerprint density at radius 2 is 1.69 bits per heavy atom. The van der Waals surface area contributed by atoms with Crippen LogP contribution >= 0.6 is 0 Å². The van der Waals surface area contributed by atoms with Crippen molar-refractivity contribution in [2.75, 3.05) is 12.3 Å². The maximum absolute atomic E-state index is 12.8. The molecule has 0 radical (unpaired) electrons. The zero-order chi connectivity index (χ0) is 26.9. The Morgan fingerprint density at radius 1 is 1.06 bits per heavy atom. The van der Waals surface area contributed by atoms with E-state index < -0.39 is 70.2 Å². The van der Waals surface area contributed by atoms with Crippen LogP contribution in [-0.2, 0) is 20.4 Å². The Kier molecular flexibility index (Phi) is 9.56. The molecule has 0 aliphatic rings. The molecule has 2 N–H and O–H groups in total. The number of para-hydroxylation sites is 1. The first kappa shape index (κ1) is 28.3. The molecule has 36 heavy (non-hydrogen) atoms. The van der Waals surface area contributed by atoms with Crippen LogP contribution in [0.5, 0.6) is 11.5 Å². The summed E-state index contributed by atoms with van der Waals surface area (Å²) in [7, 11) is -4.25. The van der Waals surface area contributed by atoms with E-state index >= 15 is 0 Å². The Hall–Kier alpha value is -3.93. The van der Waals surface area contributed by atoms with Gasteiger partial charge in [0, 0.05) is 11.1 Å². The highest BCUT2D eigenvalue weighted by atomic mass is 32.2. The van der Waals surface area contributed by atoms with Crippen molar-refractivity contribution in [2.24, 2.45) is 0 Å². The number of nitrogens with one attached hydrogen (secondary N) is 2. The topological polar surface area (TPSA) is 135 Å². The minimum Gasteiger partial charge on any atom is -0.435 e. The Morgan fingerprint density at radius 3 is 2.28 bits per heavy atom. The van der Waals surface area contributed by atoms with Gasteiger partial charge >= 0.3 is 13.0 Å². The van der Waals surface area contributed by atoms with Crippen molar-refractivity contribution >= 4 is 21.7 Å². The number of benzene rings is 2. The molecular formula is C21H18F5N3O6S. The number of hydrogen-bond donors (Lipinski definition) is 2. The third-order valence-electron chi connectivity index (χ3n) is 4.30. The summed E-state index contributed by atoms with van der Waals surface area (Å²) in [5.74, 6) is -4.88. The van der Waals surface area contributed by atoms with Crippen molar-refractivity contribution in [1.82, 2.24) is 10.6 Å². The van der Waals surface area contributed by atoms with Gasteiger partial charge in [0.1, 0.15) is 24.1 Å². The maximum Gasteiger partial charge on any atom is 0.573 e. The van der Waals surface area contributed by atoms with Crippen LogP contribution in [0.1, 0.15) is 15.9 Å². The average Bonchev–Trinajstić information content (AvgIpc) is 2.77. The van der Waals surface area contributed by atoms with Crippen LogP contribution in [0.2, 0.25) is 0 Å². The highest BCUT2D eigenvalue weighted by Crippen LogP contribution is 2.24. The summed E-state index contributed by atoms with van der Waals surface area (Å²) in [6, 6.07) is 8.53. The smallest absolute Gasteiger partial charge is 0.435 e. The molecule has 0 heterocycles. The molecule has 2 rings (SSSR count). The van der Waals surface area contributed by atoms with Gasteiger partial charge in [0.25, 0.3) is 5.91 Å². The second-order valence-corrected chi connectivity index (χ2v) is 9.12. The Labute approximate surface area is 201 Å². The lowest BCUT2D eigenvalue weighted by molar-refractivity contribution is -0.274. The van der Waals surface area contributed by atoms with Gasteiger partial charge in [-0.1, -0.05) is 18.2 Å². The molecule has 0 saturated heterocycles. The zero-order valence-electron chi connectivity index (χ0n) is 18.1. The number of sulfone groups is 1. The van der Waals surface area contributed by atoms with Crippen molar-refractivity contribution in [3.63, 3.8) is 0 Å². The monoisotopic (exact) mass is 535 g/mol. The van der Waals surface area contributed by atoms with Crippen LogP contribution in [-0.4, -0.2) is 51.5 Å². The van der Waals surface area contributed by atoms with Crippen molar-refractivity contribution in [2.45, 2.75) is 24.8 Å². The van der Waals surface area contributed by atoms with Gasteiger partial charge < -0.3 is 20.1 Å². The third-order valence-corrected chi connectivity index (χ3v) is 5.89. The molecule has 194 valence electrons. The average molecular weight is 535 g/mol. The number of carbonyl (C=O) groups excluding carboxylic acids is 2. The zero-order valence-corrected chi connectivity index (χ0v) is 18.9. The highest BCUT2D eigenvalue weighted by molar-refractivity contribution is 7.90. The maximum atomic E-state index is 12.8. The molecular weight excluding hydrogens is 517 g/mol. The SMILES string of the molecule is N#CCNC(=O)[C@H](CS(=O)(=O)Cc1ccccc1OC(F)F)NC(=O)c1ccc(OC(F)(F)F)cc1. The van der Waals surface area contributed by atoms with Crippen molar-refractivity contribution in [3.8, 4) is 17.6 Å². The largest absolute Gasteiger partial charge is 0.573 e. The number of halogens is 5. The van der Waals surface area contributed by atoms with Crippen LogP contribution < -0.4 is 20.1 Å². The van der Waals surface area contributed by atoms with E-state index in [1.807, 2.05) is 0 Å². The summed E-state index contributed by atoms with van der Waals surface area (Å²) < 4.78 is 95.6. The van der Waals surface area contributed by atoms with Crippen LogP contribution in [0.3, 0.4) is 0 Å². The molecule has 0 fully saturated rings. The molecule has 0 aromatic heterocycles. The number of nitrogens with zero attached hydrogens (tertiary/aromatic N) is 1. The summed E-state index contributed by atoms with van der Waals surface area (Å²) in [6.45, 7) is -3.73. The standard InChI is InChI=1S/C21H18F5N3O6S/c22-20(23)34-17-4-2-1-3-14(17)11-36(32,33)12-16(19(31)28-10-9-27)29-18(30)13-5-7-15(8-6-13)35-21(24,25)26/h1-8,16,20H,10-12H2,(H,28,31)(H,29,30)/t16-/m0/s1. The third kappa shape index (κ3) is 9.37. The van der Waals surface area contributed by atoms with Gasteiger partial charge in [-0.25, -0.2) is 8.42 Å². The van der Waals surface area contributed by atoms with E-state index in [9.17, 15) is 40.0 Å². The first-order chi connectivity index (χ1) is 16.8. The predicted octanol–water partition coefficient (Wildman–Crippen LogP) is 2.54. The molecule has 0 saturated carbocycles. The summed E-state index contributed by atoms with van der Waals surface area (Å²) >= 11 is 0. The van der Waals surface area contributed by atoms with Gasteiger partial charge in [-0.15, -0.1) is 13.2 Å². The van der Waals surface area contributed by atoms with Gasteiger partial charge in [0.05, 0.1) is 17.6 Å². The van der Waals surface area contributed by atoms with Crippen LogP contribution in [0.25, 0.3) is 0 Å². The first-order valence-corrected chi connectivity index (χ1v) is 11.7. The minimum atomic E-state index is -4.96. The second kappa shape index (κ2) is 12.2. The van der Waals surface area contributed by atoms with Crippen LogP contribution in [0.15, 0.2) is 48.5 Å². The number of rotatable bonds is 11. The second-order valence-electron chi connectivity index (χ2n) is 7.01. The van der Waals surface area contributed by atoms with Crippen molar-refractivity contribution in [1.29, 1.82) is 5.26 Å². The van der Waals surface area contributed by atoms with Crippen molar-refractivity contribution in [3.05, 3.63) is 59.7 Å². The number of carbonyl (C=O) groups is 2. The quantitative estimate of drug-likeness (QED) is 0.334. The predicted molar refractivity (Wildman–Crippen MR) is 114 cm³/mol. The molecule has 2 amide bonds. The molecule has 0 aliphatic carbocycles. The number of ether oxygens (including phenoxy) is 2. The number of hydrogen-bond acceptors (Lipinski definition) is 7. The Balaban J connectivity index is 2.21. The molecule has 0 spiro atoms. The lowest BCUT2D eigenvalue weighted by Gasteiger charge is -2.19. The van der Waals surface area contributed by atoms with Gasteiger partial charge in [0.2, 0.25) is 5.91 Å². The molecule has 15 heteroatoms. The lowest BCUT2D eigenvalue weighted by atomic mass is 10.2. The molecule has 2 aromatic carbocycles. The summed E-state index contributed by atoms with van der Waals surface area (Å²) in [4.78, 5) is 24.9. The van der Waals surface area contributed by atoms with Crippen LogP contribution in [0, 0.1) is 11.3 Å². The summed E-state index contributed by atoms with van der Waals surface area (Å²) in [5.41, 5.74) is -0.351. The fourth-order valence-electron chi connectivity index (χ4n) is 2.87. The number of nitriles is 1. The minimum absolute atomic E-state index is 0.124. The molecule has 1 atom stereocenters. The summed E-state index contributed by atoms with van der Waals surface area (Å²) in [5, 5.41) is 12.9. The fourth-order valence-corrected chi connectivity index (χ4v) is 4.44. The molecule has 9 nitrogen and oxygen atoms in total. The fraction of sp³-hybridized carbons (Fsp3) is 0.286. The Bertz CT molecular complexity index is 1210. The van der Waals surface area contributed by atoms with Gasteiger partial charge in [-0.2, -0.15) is 14.0 Å². The molecule has 0 bridgehead atoms. The number of alkyl halides is 5. The molecule has 2 aromatic rings. The molecule has 0 aliphatic heterocycles. The van der Waals surface area contributed by atoms with Crippen molar-refractivity contribution < 1.29 is 49.4 Å². The van der Waals surface area contributed by atoms with Gasteiger partial charge in [0.15, 0.2) is 9.84 Å². The summed E-state index contributed by atoms with van der Waals surface area (Å²) in [6.07, 6.45) is -4.96. The lowest BCUT2D eigenvalue weighted by Crippen LogP contribution is -2.50. The van der Waals surface area contributed by atoms with E-state index in [1.165, 1.54) is 18.2 Å². The van der Waals surface area contributed by atoms with E-state index in [0.29, 0.717) is 0 Å².